The van der Waals surface area contributed by atoms with Crippen molar-refractivity contribution in [2.24, 2.45) is 11.3 Å². The minimum Gasteiger partial charge on any atom is -0.450 e. The summed E-state index contributed by atoms with van der Waals surface area (Å²) < 4.78 is 39.1. The molecule has 4 fully saturated rings. The van der Waals surface area contributed by atoms with Gasteiger partial charge >= 0.3 is 12.2 Å². The van der Waals surface area contributed by atoms with E-state index in [0.717, 1.165) is 36.0 Å². The summed E-state index contributed by atoms with van der Waals surface area (Å²) in [6.07, 6.45) is 9.53. The predicted molar refractivity (Wildman–Crippen MR) is 193 cm³/mol. The minimum absolute atomic E-state index is 0.0667. The molecule has 3 saturated carbocycles. The third-order valence-electron chi connectivity index (χ3n) is 11.9. The van der Waals surface area contributed by atoms with E-state index in [4.69, 9.17) is 9.47 Å². The first kappa shape index (κ1) is 36.9. The molecular weight excluding hydrogens is 703 g/mol. The van der Waals surface area contributed by atoms with Crippen LogP contribution in [-0.2, 0) is 47.0 Å². The van der Waals surface area contributed by atoms with Crippen molar-refractivity contribution in [2.75, 3.05) is 13.2 Å². The van der Waals surface area contributed by atoms with Gasteiger partial charge in [-0.3, -0.25) is 24.0 Å². The number of hydrogen-bond donors (Lipinski definition) is 3. The topological polar surface area (TPSA) is 181 Å². The quantitative estimate of drug-likeness (QED) is 0.351. The molecule has 7 rings (SSSR count). The summed E-state index contributed by atoms with van der Waals surface area (Å²) in [4.78, 5) is 72.4. The van der Waals surface area contributed by atoms with E-state index in [1.54, 1.807) is 4.90 Å². The Balaban J connectivity index is 1.18. The van der Waals surface area contributed by atoms with Gasteiger partial charge in [-0.05, 0) is 67.1 Å². The molecule has 15 heteroatoms. The van der Waals surface area contributed by atoms with Gasteiger partial charge < -0.3 is 25.0 Å². The number of benzene rings is 1. The minimum atomic E-state index is -3.91. The molecule has 5 amide bonds. The van der Waals surface area contributed by atoms with Crippen molar-refractivity contribution in [1.29, 1.82) is 0 Å². The number of hydrogen-bond acceptors (Lipinski definition) is 9. The summed E-state index contributed by atoms with van der Waals surface area (Å²) in [5, 5.41) is 4.98. The van der Waals surface area contributed by atoms with Crippen LogP contribution in [-0.4, -0.2) is 90.3 Å². The van der Waals surface area contributed by atoms with Crippen LogP contribution >= 0.6 is 0 Å². The molecule has 3 heterocycles. The van der Waals surface area contributed by atoms with Gasteiger partial charge in [-0.15, -0.1) is 6.58 Å². The van der Waals surface area contributed by atoms with Gasteiger partial charge in [-0.1, -0.05) is 62.6 Å². The number of carbonyl (C=O) groups excluding carboxylic acids is 5. The number of cyclic esters (lactones) is 1. The fourth-order valence-corrected chi connectivity index (χ4v) is 9.79. The maximum atomic E-state index is 14.8. The van der Waals surface area contributed by atoms with E-state index in [1.165, 1.54) is 11.0 Å². The summed E-state index contributed by atoms with van der Waals surface area (Å²) in [7, 11) is -3.91. The fraction of sp³-hybridized carbons (Fsp3) is 0.605. The van der Waals surface area contributed by atoms with Gasteiger partial charge in [0.2, 0.25) is 21.8 Å². The van der Waals surface area contributed by atoms with Gasteiger partial charge in [0.15, 0.2) is 0 Å². The normalized spacial score (nSPS) is 30.8. The number of nitrogens with zero attached hydrogens (tertiary/aromatic N) is 2. The van der Waals surface area contributed by atoms with Crippen LogP contribution in [0.15, 0.2) is 36.9 Å². The SMILES string of the molecule is C=C[C@@H]1C[C@]1(NC(=O)[C@@H]1C[C@@H]2CN1C(=O)[C@H](C1(C)CCCCC1)NC(=O)OCCC/C=C/c1cccc3c1CN(C3)C(=O)O2)C(=O)NS(=O)(=O)C1CC1. The summed E-state index contributed by atoms with van der Waals surface area (Å²) >= 11 is 0. The van der Waals surface area contributed by atoms with Crippen molar-refractivity contribution in [2.45, 2.75) is 120 Å². The summed E-state index contributed by atoms with van der Waals surface area (Å²) in [5.41, 5.74) is 0.766. The molecule has 0 spiro atoms. The number of alkyl carbamates (subject to hydrolysis) is 1. The van der Waals surface area contributed by atoms with Gasteiger partial charge in [-0.25, -0.2) is 18.0 Å². The average Bonchev–Trinajstić information content (AvgIpc) is 4.02. The first-order chi connectivity index (χ1) is 25.3. The number of rotatable bonds is 7. The predicted octanol–water partition coefficient (Wildman–Crippen LogP) is 3.65. The molecule has 0 unspecified atom stereocenters. The highest BCUT2D eigenvalue weighted by molar-refractivity contribution is 7.91. The molecule has 3 aliphatic heterocycles. The zero-order chi connectivity index (χ0) is 37.5. The number of allylic oxidation sites excluding steroid dienone is 1. The molecule has 286 valence electrons. The summed E-state index contributed by atoms with van der Waals surface area (Å²) in [5.74, 6) is -2.60. The van der Waals surface area contributed by atoms with E-state index in [1.807, 2.05) is 37.3 Å². The molecule has 4 bridgehead atoms. The van der Waals surface area contributed by atoms with E-state index in [-0.39, 0.29) is 26.0 Å². The Morgan fingerprint density at radius 1 is 1.08 bits per heavy atom. The molecule has 1 aromatic carbocycles. The maximum Gasteiger partial charge on any atom is 0.410 e. The lowest BCUT2D eigenvalue weighted by molar-refractivity contribution is -0.143. The van der Waals surface area contributed by atoms with Crippen molar-refractivity contribution in [3.8, 4) is 0 Å². The molecule has 3 aliphatic carbocycles. The van der Waals surface area contributed by atoms with Crippen LogP contribution in [0.1, 0.15) is 94.2 Å². The smallest absolute Gasteiger partial charge is 0.410 e. The second-order valence-electron chi connectivity index (χ2n) is 15.7. The maximum absolute atomic E-state index is 14.8. The van der Waals surface area contributed by atoms with Crippen molar-refractivity contribution in [3.63, 3.8) is 0 Å². The van der Waals surface area contributed by atoms with Crippen LogP contribution < -0.4 is 15.4 Å². The van der Waals surface area contributed by atoms with E-state index < -0.39 is 80.2 Å². The van der Waals surface area contributed by atoms with E-state index in [0.29, 0.717) is 51.6 Å². The van der Waals surface area contributed by atoms with Crippen molar-refractivity contribution >= 4 is 46.0 Å². The molecule has 1 aromatic rings. The lowest BCUT2D eigenvalue weighted by atomic mass is 9.70. The zero-order valence-corrected chi connectivity index (χ0v) is 31.0. The van der Waals surface area contributed by atoms with Gasteiger partial charge in [0.25, 0.3) is 5.91 Å². The molecule has 3 N–H and O–H groups in total. The number of sulfonamides is 1. The first-order valence-electron chi connectivity index (χ1n) is 18.8. The van der Waals surface area contributed by atoms with Crippen LogP contribution in [0.2, 0.25) is 0 Å². The number of carbonyl (C=O) groups is 5. The number of ether oxygens (including phenoxy) is 2. The largest absolute Gasteiger partial charge is 0.450 e. The van der Waals surface area contributed by atoms with Gasteiger partial charge in [0.1, 0.15) is 23.7 Å². The van der Waals surface area contributed by atoms with Crippen LogP contribution in [0.3, 0.4) is 0 Å². The second kappa shape index (κ2) is 14.4. The highest BCUT2D eigenvalue weighted by Gasteiger charge is 2.62. The second-order valence-corrected chi connectivity index (χ2v) is 17.7. The molecule has 0 aromatic heterocycles. The summed E-state index contributed by atoms with van der Waals surface area (Å²) in [6.45, 7) is 6.42. The van der Waals surface area contributed by atoms with Crippen molar-refractivity contribution in [1.82, 2.24) is 25.2 Å². The Bertz CT molecular complexity index is 1820. The molecular formula is C38H49N5O9S. The molecule has 6 aliphatic rings. The van der Waals surface area contributed by atoms with Gasteiger partial charge in [0.05, 0.1) is 24.9 Å². The first-order valence-corrected chi connectivity index (χ1v) is 20.4. The number of nitrogens with one attached hydrogen (secondary N) is 3. The number of amides is 5. The van der Waals surface area contributed by atoms with Crippen molar-refractivity contribution < 1.29 is 41.9 Å². The van der Waals surface area contributed by atoms with E-state index >= 15 is 0 Å². The van der Waals surface area contributed by atoms with Crippen LogP contribution in [0, 0.1) is 11.3 Å². The third-order valence-corrected chi connectivity index (χ3v) is 13.7. The Morgan fingerprint density at radius 3 is 2.57 bits per heavy atom. The highest BCUT2D eigenvalue weighted by atomic mass is 32.2. The molecule has 0 radical (unpaired) electrons. The lowest BCUT2D eigenvalue weighted by Gasteiger charge is -2.42. The van der Waals surface area contributed by atoms with Crippen LogP contribution in [0.5, 0.6) is 0 Å². The Kier molecular flexibility index (Phi) is 10.1. The zero-order valence-electron chi connectivity index (χ0n) is 30.1. The van der Waals surface area contributed by atoms with E-state index in [2.05, 4.69) is 21.9 Å². The standard InChI is InChI=1S/C38H49N5O9S/c1-3-26-20-38(26,34(46)41-53(49,50)28-14-15-28)40-32(44)30-19-27-22-43(30)33(45)31(37(2)16-7-5-8-17-37)39-35(47)51-18-9-4-6-11-24-12-10-13-25-21-42(23-29(24)25)36(48)52-27/h3,6,10-13,26-28,30-31H,1,4-5,7-9,14-23H2,2H3,(H,39,47)(H,40,44)(H,41,46)/b11-6+/t26-,27-,30+,31-,38-/m1/s1. The van der Waals surface area contributed by atoms with E-state index in [9.17, 15) is 32.4 Å². The lowest BCUT2D eigenvalue weighted by Crippen LogP contribution is -2.61. The number of fused-ring (bicyclic) bond motifs is 3. The third kappa shape index (κ3) is 7.54. The van der Waals surface area contributed by atoms with Crippen LogP contribution in [0.25, 0.3) is 6.08 Å². The van der Waals surface area contributed by atoms with Gasteiger partial charge in [0, 0.05) is 18.9 Å². The Morgan fingerprint density at radius 2 is 1.85 bits per heavy atom. The van der Waals surface area contributed by atoms with Crippen LogP contribution in [0.4, 0.5) is 9.59 Å². The molecule has 53 heavy (non-hydrogen) atoms. The Hall–Kier alpha value is -4.40. The highest BCUT2D eigenvalue weighted by Crippen LogP contribution is 2.46. The monoisotopic (exact) mass is 751 g/mol. The fourth-order valence-electron chi connectivity index (χ4n) is 8.43. The molecule has 1 saturated heterocycles. The average molecular weight is 752 g/mol. The molecule has 5 atom stereocenters. The molecule has 14 nitrogen and oxygen atoms in total. The van der Waals surface area contributed by atoms with Gasteiger partial charge in [-0.2, -0.15) is 0 Å². The Labute approximate surface area is 310 Å². The van der Waals surface area contributed by atoms with Crippen molar-refractivity contribution in [3.05, 3.63) is 53.6 Å². The summed E-state index contributed by atoms with van der Waals surface area (Å²) in [6, 6.07) is 3.65.